The first-order chi connectivity index (χ1) is 7.81. The van der Waals surface area contributed by atoms with Gasteiger partial charge in [-0.3, -0.25) is 9.88 Å². The minimum atomic E-state index is -1.000. The van der Waals surface area contributed by atoms with Gasteiger partial charge in [0.2, 0.25) is 5.91 Å². The van der Waals surface area contributed by atoms with Crippen molar-refractivity contribution >= 4 is 21.6 Å². The zero-order valence-electron chi connectivity index (χ0n) is 11.6. The van der Waals surface area contributed by atoms with Crippen LogP contribution in [0.5, 0.6) is 0 Å². The number of amides is 1. The molecular formula is C12H20N2O2PWY-. The van der Waals surface area contributed by atoms with E-state index in [2.05, 4.69) is 21.4 Å². The SMILES string of the molecule is [CH2-]C(C)C(C)([C-]=O)N1[CH-]CCC(C)(NP)C1=O.[W+2].[Y]. The van der Waals surface area contributed by atoms with Gasteiger partial charge < -0.3 is 16.6 Å². The van der Waals surface area contributed by atoms with E-state index in [1.54, 1.807) is 13.5 Å². The molecule has 0 saturated carbocycles. The Labute approximate surface area is 158 Å². The Bertz CT molecular complexity index is 333. The first-order valence-corrected chi connectivity index (χ1v) is 6.27. The minimum absolute atomic E-state index is 0. The molecule has 0 aromatic heterocycles. The molecule has 1 aliphatic rings. The second kappa shape index (κ2) is 8.69. The average molecular weight is 528 g/mol. The first-order valence-electron chi connectivity index (χ1n) is 5.69. The fourth-order valence-electron chi connectivity index (χ4n) is 1.86. The van der Waals surface area contributed by atoms with Crippen LogP contribution in [0.25, 0.3) is 0 Å². The number of carbonyl (C=O) groups is 1. The molecule has 1 saturated heterocycles. The van der Waals surface area contributed by atoms with Crippen LogP contribution in [-0.4, -0.2) is 28.2 Å². The molecule has 4 atom stereocenters. The predicted octanol–water partition coefficient (Wildman–Crippen LogP) is 1.24. The zero-order valence-corrected chi connectivity index (χ0v) is 18.5. The molecule has 1 amide bonds. The van der Waals surface area contributed by atoms with Crippen LogP contribution in [-0.2, 0) is 63.4 Å². The van der Waals surface area contributed by atoms with E-state index in [0.717, 1.165) is 6.42 Å². The molecule has 1 aliphatic heterocycles. The Morgan fingerprint density at radius 3 is 2.58 bits per heavy atom. The van der Waals surface area contributed by atoms with Crippen LogP contribution < -0.4 is 5.09 Å². The normalized spacial score (nSPS) is 27.6. The monoisotopic (exact) mass is 528 g/mol. The summed E-state index contributed by atoms with van der Waals surface area (Å²) < 4.78 is 0. The molecule has 4 unspecified atom stereocenters. The molecule has 7 heteroatoms. The molecule has 0 bridgehead atoms. The molecule has 4 nitrogen and oxygen atoms in total. The van der Waals surface area contributed by atoms with Crippen molar-refractivity contribution < 1.29 is 63.4 Å². The topological polar surface area (TPSA) is 49.4 Å². The first kappa shape index (κ1) is 22.6. The van der Waals surface area contributed by atoms with Crippen molar-refractivity contribution in [1.82, 2.24) is 9.99 Å². The van der Waals surface area contributed by atoms with Crippen LogP contribution in [0.15, 0.2) is 0 Å². The third-order valence-corrected chi connectivity index (χ3v) is 4.27. The van der Waals surface area contributed by atoms with Gasteiger partial charge in [-0.2, -0.15) is 12.3 Å². The molecule has 1 rings (SSSR count). The van der Waals surface area contributed by atoms with Crippen molar-refractivity contribution in [2.75, 3.05) is 0 Å². The summed E-state index contributed by atoms with van der Waals surface area (Å²) in [6.45, 7) is 11.0. The molecular weight excluding hydrogens is 508 g/mol. The predicted molar refractivity (Wildman–Crippen MR) is 70.3 cm³/mol. The van der Waals surface area contributed by atoms with Gasteiger partial charge in [0.25, 0.3) is 0 Å². The third kappa shape index (κ3) is 4.39. The quantitative estimate of drug-likeness (QED) is 0.442. The maximum Gasteiger partial charge on any atom is 2.00 e. The van der Waals surface area contributed by atoms with Crippen LogP contribution in [0.3, 0.4) is 0 Å². The minimum Gasteiger partial charge on any atom is -0.540 e. The van der Waals surface area contributed by atoms with E-state index < -0.39 is 11.1 Å². The molecule has 1 heterocycles. The van der Waals surface area contributed by atoms with Crippen molar-refractivity contribution in [2.24, 2.45) is 5.92 Å². The molecule has 1 N–H and O–H groups in total. The Morgan fingerprint density at radius 1 is 1.68 bits per heavy atom. The number of likely N-dealkylation sites (tertiary alicyclic amines) is 1. The van der Waals surface area contributed by atoms with Crippen molar-refractivity contribution in [2.45, 2.75) is 44.7 Å². The van der Waals surface area contributed by atoms with E-state index in [4.69, 9.17) is 0 Å². The number of nitrogens with zero attached hydrogens (tertiary/aromatic N) is 1. The Morgan fingerprint density at radius 2 is 2.21 bits per heavy atom. The van der Waals surface area contributed by atoms with Gasteiger partial charge in [0.05, 0.1) is 5.54 Å². The van der Waals surface area contributed by atoms with Gasteiger partial charge >= 0.3 is 21.1 Å². The van der Waals surface area contributed by atoms with Crippen molar-refractivity contribution in [3.63, 3.8) is 0 Å². The maximum absolute atomic E-state index is 12.4. The molecule has 105 valence electrons. The molecule has 0 aliphatic carbocycles. The van der Waals surface area contributed by atoms with Crippen molar-refractivity contribution in [3.05, 3.63) is 13.5 Å². The number of hydrogen-bond donors (Lipinski definition) is 1. The molecule has 1 fully saturated rings. The summed E-state index contributed by atoms with van der Waals surface area (Å²) >= 11 is 0. The molecule has 0 spiro atoms. The van der Waals surface area contributed by atoms with Gasteiger partial charge in [-0.15, -0.1) is 5.54 Å². The Balaban J connectivity index is 0. The van der Waals surface area contributed by atoms with E-state index in [9.17, 15) is 9.59 Å². The second-order valence-electron chi connectivity index (χ2n) is 5.02. The van der Waals surface area contributed by atoms with Gasteiger partial charge in [0.1, 0.15) is 0 Å². The van der Waals surface area contributed by atoms with Gasteiger partial charge in [-0.05, 0) is 6.92 Å². The van der Waals surface area contributed by atoms with Crippen LogP contribution in [0, 0.1) is 19.4 Å². The number of piperidine rings is 1. The summed E-state index contributed by atoms with van der Waals surface area (Å²) in [4.78, 5) is 25.1. The van der Waals surface area contributed by atoms with Gasteiger partial charge in [-0.1, -0.05) is 29.7 Å². The summed E-state index contributed by atoms with van der Waals surface area (Å²) in [5, 5.41) is 2.95. The van der Waals surface area contributed by atoms with E-state index in [-0.39, 0.29) is 65.6 Å². The standard InChI is InChI=1S/C12H20N2O2P.W.Y/c1-9(2)12(4,8-15)14-7-5-6-11(3,13-17)10(14)16;;/h7,9,13H,1,5-6,17H2,2-4H3;;/q-3;+2;. The summed E-state index contributed by atoms with van der Waals surface area (Å²) in [5.41, 5.74) is -1.65. The van der Waals surface area contributed by atoms with Gasteiger partial charge in [0.15, 0.2) is 0 Å². The number of rotatable bonds is 4. The van der Waals surface area contributed by atoms with Crippen LogP contribution >= 0.6 is 9.39 Å². The molecule has 0 aromatic rings. The number of hydrogen-bond acceptors (Lipinski definition) is 3. The zero-order chi connectivity index (χ0) is 13.3. The van der Waals surface area contributed by atoms with E-state index in [1.807, 2.05) is 20.1 Å². The summed E-state index contributed by atoms with van der Waals surface area (Å²) in [5.74, 6) is -0.341. The molecule has 19 heavy (non-hydrogen) atoms. The van der Waals surface area contributed by atoms with E-state index in [0.29, 0.717) is 6.42 Å². The van der Waals surface area contributed by atoms with E-state index >= 15 is 0 Å². The summed E-state index contributed by atoms with van der Waals surface area (Å²) in [6.07, 6.45) is 3.42. The number of carbonyl (C=O) groups excluding carboxylic acids is 2. The third-order valence-electron chi connectivity index (χ3n) is 3.63. The summed E-state index contributed by atoms with van der Waals surface area (Å²) in [7, 11) is 2.37. The fourth-order valence-corrected chi connectivity index (χ4v) is 2.13. The van der Waals surface area contributed by atoms with Crippen LogP contribution in [0.2, 0.25) is 0 Å². The van der Waals surface area contributed by atoms with Gasteiger partial charge in [0, 0.05) is 32.7 Å². The van der Waals surface area contributed by atoms with Crippen LogP contribution in [0.1, 0.15) is 33.6 Å². The fraction of sp³-hybridized carbons (Fsp3) is 0.667. The average Bonchev–Trinajstić information content (AvgIpc) is 2.31. The Hall–Kier alpha value is 1.32. The smallest absolute Gasteiger partial charge is 0.540 e. The van der Waals surface area contributed by atoms with Crippen molar-refractivity contribution in [1.29, 1.82) is 0 Å². The maximum atomic E-state index is 12.4. The second-order valence-corrected chi connectivity index (χ2v) is 5.31. The molecule has 1 radical (unpaired) electrons. The summed E-state index contributed by atoms with van der Waals surface area (Å²) in [6, 6.07) is 0. The van der Waals surface area contributed by atoms with Crippen molar-refractivity contribution in [3.8, 4) is 0 Å². The van der Waals surface area contributed by atoms with E-state index in [1.165, 1.54) is 4.90 Å². The Kier molecular flexibility index (Phi) is 10.3. The largest absolute Gasteiger partial charge is 2.00 e. The number of nitrogens with one attached hydrogen (secondary N) is 1. The molecule has 0 aromatic carbocycles. The van der Waals surface area contributed by atoms with Crippen LogP contribution in [0.4, 0.5) is 0 Å². The van der Waals surface area contributed by atoms with Gasteiger partial charge in [-0.25, -0.2) is 12.8 Å².